The first-order valence-electron chi connectivity index (χ1n) is 6.43. The molecule has 0 fully saturated rings. The molecular formula is C14H13N3O4S. The summed E-state index contributed by atoms with van der Waals surface area (Å²) in [4.78, 5) is 3.96. The minimum atomic E-state index is -3.85. The zero-order valence-corrected chi connectivity index (χ0v) is 12.7. The molecule has 1 N–H and O–H groups in total. The van der Waals surface area contributed by atoms with Crippen molar-refractivity contribution in [1.82, 2.24) is 10.1 Å². The Kier molecular flexibility index (Phi) is 3.45. The number of rotatable bonds is 4. The Morgan fingerprint density at radius 3 is 2.59 bits per heavy atom. The summed E-state index contributed by atoms with van der Waals surface area (Å²) < 4.78 is 37.3. The molecule has 3 rings (SSSR count). The molecule has 7 nitrogen and oxygen atoms in total. The molecule has 3 aromatic heterocycles. The summed E-state index contributed by atoms with van der Waals surface area (Å²) >= 11 is 0. The number of hydrogen-bond donors (Lipinski definition) is 1. The lowest BCUT2D eigenvalue weighted by Crippen LogP contribution is -2.13. The van der Waals surface area contributed by atoms with Crippen LogP contribution in [0.1, 0.15) is 11.3 Å². The van der Waals surface area contributed by atoms with E-state index in [-0.39, 0.29) is 16.7 Å². The summed E-state index contributed by atoms with van der Waals surface area (Å²) in [5.74, 6) is 0.888. The van der Waals surface area contributed by atoms with Crippen LogP contribution in [0.3, 0.4) is 0 Å². The van der Waals surface area contributed by atoms with Crippen LogP contribution < -0.4 is 4.72 Å². The van der Waals surface area contributed by atoms with Gasteiger partial charge in [-0.15, -0.1) is 0 Å². The Labute approximate surface area is 127 Å². The van der Waals surface area contributed by atoms with Crippen LogP contribution in [0.2, 0.25) is 0 Å². The number of nitrogens with zero attached hydrogens (tertiary/aromatic N) is 2. The van der Waals surface area contributed by atoms with Gasteiger partial charge in [0.1, 0.15) is 5.82 Å². The fourth-order valence-corrected chi connectivity index (χ4v) is 2.79. The molecule has 0 saturated heterocycles. The number of hydrogen-bond acceptors (Lipinski definition) is 6. The molecule has 0 amide bonds. The first-order chi connectivity index (χ1) is 10.4. The second kappa shape index (κ2) is 5.30. The SMILES string of the molecule is Cc1ccnc(NS(=O)(=O)c2ccc(-c3cc(C)no3)o2)c1. The van der Waals surface area contributed by atoms with E-state index in [9.17, 15) is 8.42 Å². The standard InChI is InChI=1S/C14H13N3O4S/c1-9-5-6-15-13(7-9)17-22(18,19)14-4-3-11(20-14)12-8-10(2)16-21-12/h3-8H,1-2H3,(H,15,17). The van der Waals surface area contributed by atoms with Crippen LogP contribution >= 0.6 is 0 Å². The Balaban J connectivity index is 1.88. The molecule has 0 atom stereocenters. The Bertz CT molecular complexity index is 912. The van der Waals surface area contributed by atoms with Gasteiger partial charge in [-0.05, 0) is 43.7 Å². The number of aromatic nitrogens is 2. The van der Waals surface area contributed by atoms with E-state index in [1.165, 1.54) is 18.3 Å². The van der Waals surface area contributed by atoms with Gasteiger partial charge in [0.15, 0.2) is 5.76 Å². The van der Waals surface area contributed by atoms with Gasteiger partial charge in [-0.1, -0.05) is 5.16 Å². The van der Waals surface area contributed by atoms with Gasteiger partial charge >= 0.3 is 0 Å². The number of anilines is 1. The molecule has 0 bridgehead atoms. The Morgan fingerprint density at radius 1 is 1.09 bits per heavy atom. The lowest BCUT2D eigenvalue weighted by Gasteiger charge is -2.05. The van der Waals surface area contributed by atoms with Crippen LogP contribution in [0.15, 0.2) is 50.6 Å². The van der Waals surface area contributed by atoms with Crippen LogP contribution in [-0.4, -0.2) is 18.6 Å². The van der Waals surface area contributed by atoms with Crippen molar-refractivity contribution in [3.8, 4) is 11.5 Å². The number of nitrogens with one attached hydrogen (secondary N) is 1. The van der Waals surface area contributed by atoms with E-state index in [4.69, 9.17) is 8.94 Å². The molecule has 0 unspecified atom stereocenters. The van der Waals surface area contributed by atoms with Crippen molar-refractivity contribution >= 4 is 15.8 Å². The van der Waals surface area contributed by atoms with Crippen LogP contribution in [0.5, 0.6) is 0 Å². The molecule has 0 aliphatic rings. The summed E-state index contributed by atoms with van der Waals surface area (Å²) in [5, 5.41) is 3.51. The van der Waals surface area contributed by atoms with Gasteiger partial charge in [0.25, 0.3) is 10.0 Å². The third-order valence-electron chi connectivity index (χ3n) is 2.87. The fourth-order valence-electron chi connectivity index (χ4n) is 1.86. The molecule has 0 radical (unpaired) electrons. The molecule has 0 spiro atoms. The fraction of sp³-hybridized carbons (Fsp3) is 0.143. The van der Waals surface area contributed by atoms with Gasteiger partial charge in [-0.2, -0.15) is 8.42 Å². The second-order valence-electron chi connectivity index (χ2n) is 4.78. The van der Waals surface area contributed by atoms with E-state index in [1.807, 2.05) is 6.92 Å². The van der Waals surface area contributed by atoms with Crippen molar-refractivity contribution in [3.05, 3.63) is 47.8 Å². The number of aryl methyl sites for hydroxylation is 2. The largest absolute Gasteiger partial charge is 0.439 e. The maximum Gasteiger partial charge on any atom is 0.296 e. The summed E-state index contributed by atoms with van der Waals surface area (Å²) in [5.41, 5.74) is 1.57. The molecule has 114 valence electrons. The maximum atomic E-state index is 12.3. The van der Waals surface area contributed by atoms with Crippen molar-refractivity contribution in [2.24, 2.45) is 0 Å². The third-order valence-corrected chi connectivity index (χ3v) is 4.10. The van der Waals surface area contributed by atoms with Crippen molar-refractivity contribution in [1.29, 1.82) is 0 Å². The molecule has 0 saturated carbocycles. The lowest BCUT2D eigenvalue weighted by atomic mass is 10.3. The van der Waals surface area contributed by atoms with Crippen molar-refractivity contribution in [2.45, 2.75) is 18.9 Å². The molecule has 22 heavy (non-hydrogen) atoms. The molecular weight excluding hydrogens is 306 g/mol. The summed E-state index contributed by atoms with van der Waals surface area (Å²) in [6.07, 6.45) is 1.53. The number of sulfonamides is 1. The summed E-state index contributed by atoms with van der Waals surface area (Å²) in [6.45, 7) is 3.61. The summed E-state index contributed by atoms with van der Waals surface area (Å²) in [6, 6.07) is 7.92. The quantitative estimate of drug-likeness (QED) is 0.794. The molecule has 3 heterocycles. The van der Waals surface area contributed by atoms with Gasteiger partial charge in [-0.25, -0.2) is 4.98 Å². The smallest absolute Gasteiger partial charge is 0.296 e. The molecule has 3 aromatic rings. The number of pyridine rings is 1. The zero-order valence-electron chi connectivity index (χ0n) is 11.9. The van der Waals surface area contributed by atoms with Crippen LogP contribution in [-0.2, 0) is 10.0 Å². The first-order valence-corrected chi connectivity index (χ1v) is 7.91. The average Bonchev–Trinajstić information content (AvgIpc) is 3.06. The van der Waals surface area contributed by atoms with E-state index >= 15 is 0 Å². The first kappa shape index (κ1) is 14.3. The van der Waals surface area contributed by atoms with Gasteiger partial charge in [0.2, 0.25) is 10.9 Å². The van der Waals surface area contributed by atoms with Crippen molar-refractivity contribution < 1.29 is 17.4 Å². The van der Waals surface area contributed by atoms with Crippen LogP contribution in [0.4, 0.5) is 5.82 Å². The van der Waals surface area contributed by atoms with Crippen LogP contribution in [0.25, 0.3) is 11.5 Å². The minimum absolute atomic E-state index is 0.222. The highest BCUT2D eigenvalue weighted by Gasteiger charge is 2.21. The van der Waals surface area contributed by atoms with Gasteiger partial charge < -0.3 is 8.94 Å². The molecule has 0 aliphatic heterocycles. The van der Waals surface area contributed by atoms with E-state index in [0.29, 0.717) is 11.5 Å². The Hall–Kier alpha value is -2.61. The minimum Gasteiger partial charge on any atom is -0.439 e. The van der Waals surface area contributed by atoms with E-state index in [1.54, 1.807) is 25.1 Å². The molecule has 0 aromatic carbocycles. The number of furan rings is 1. The molecule has 0 aliphatic carbocycles. The Morgan fingerprint density at radius 2 is 1.91 bits per heavy atom. The highest BCUT2D eigenvalue weighted by atomic mass is 32.2. The normalized spacial score (nSPS) is 11.5. The predicted molar refractivity (Wildman–Crippen MR) is 78.7 cm³/mol. The average molecular weight is 319 g/mol. The maximum absolute atomic E-state index is 12.3. The topological polar surface area (TPSA) is 98.2 Å². The van der Waals surface area contributed by atoms with E-state index in [0.717, 1.165) is 5.56 Å². The van der Waals surface area contributed by atoms with Gasteiger partial charge in [0, 0.05) is 12.3 Å². The van der Waals surface area contributed by atoms with Gasteiger partial charge in [0.05, 0.1) is 5.69 Å². The highest BCUT2D eigenvalue weighted by Crippen LogP contribution is 2.26. The monoisotopic (exact) mass is 319 g/mol. The van der Waals surface area contributed by atoms with Crippen LogP contribution in [0, 0.1) is 13.8 Å². The van der Waals surface area contributed by atoms with Gasteiger partial charge in [-0.3, -0.25) is 4.72 Å². The predicted octanol–water partition coefficient (Wildman–Crippen LogP) is 2.75. The third kappa shape index (κ3) is 2.86. The molecule has 8 heteroatoms. The summed E-state index contributed by atoms with van der Waals surface area (Å²) in [7, 11) is -3.85. The van der Waals surface area contributed by atoms with Crippen molar-refractivity contribution in [2.75, 3.05) is 4.72 Å². The van der Waals surface area contributed by atoms with Crippen molar-refractivity contribution in [3.63, 3.8) is 0 Å². The van der Waals surface area contributed by atoms with E-state index < -0.39 is 10.0 Å². The lowest BCUT2D eigenvalue weighted by molar-refractivity contribution is 0.398. The highest BCUT2D eigenvalue weighted by molar-refractivity contribution is 7.92. The van der Waals surface area contributed by atoms with E-state index in [2.05, 4.69) is 14.9 Å². The second-order valence-corrected chi connectivity index (χ2v) is 6.39. The zero-order chi connectivity index (χ0) is 15.7.